The summed E-state index contributed by atoms with van der Waals surface area (Å²) in [5.41, 5.74) is 0. The molecule has 0 amide bonds. The summed E-state index contributed by atoms with van der Waals surface area (Å²) in [6.07, 6.45) is 9.73. The van der Waals surface area contributed by atoms with Crippen LogP contribution in [0.1, 0.15) is 32.1 Å². The summed E-state index contributed by atoms with van der Waals surface area (Å²) in [6.45, 7) is 0.811. The van der Waals surface area contributed by atoms with Gasteiger partial charge >= 0.3 is 0 Å². The standard InChI is InChI=1S/C15H20O3/c16-11-7-9-4-5-10-8-12(15(11)14(9)10)18-13-3-1-2-6-17-13/h4-5,9-10,12-15H,1-3,6-8H2/t9-,10+,12+,13-,14+,15-/m0/s1. The molecule has 3 nitrogen and oxygen atoms in total. The van der Waals surface area contributed by atoms with Crippen LogP contribution in [0.2, 0.25) is 0 Å². The lowest BCUT2D eigenvalue weighted by atomic mass is 9.91. The first kappa shape index (κ1) is 11.2. The molecule has 0 aromatic rings. The van der Waals surface area contributed by atoms with Crippen molar-refractivity contribution in [2.75, 3.05) is 6.61 Å². The number of carbonyl (C=O) groups is 1. The number of carbonyl (C=O) groups excluding carboxylic acids is 1. The zero-order chi connectivity index (χ0) is 12.1. The first-order valence-electron chi connectivity index (χ1n) is 7.31. The SMILES string of the molecule is O=C1C[C@@H]2C=C[C@@H]3C[C@@H](O[C@H]4CCCCO4)[C@H]1[C@@H]32. The van der Waals surface area contributed by atoms with E-state index in [4.69, 9.17) is 9.47 Å². The van der Waals surface area contributed by atoms with Crippen molar-refractivity contribution >= 4 is 5.78 Å². The second-order valence-electron chi connectivity index (χ2n) is 6.19. The van der Waals surface area contributed by atoms with E-state index in [1.54, 1.807) is 0 Å². The van der Waals surface area contributed by atoms with Crippen LogP contribution in [0.15, 0.2) is 12.2 Å². The molecule has 1 saturated heterocycles. The van der Waals surface area contributed by atoms with Gasteiger partial charge in [-0.05, 0) is 43.4 Å². The number of ketones is 1. The monoisotopic (exact) mass is 248 g/mol. The van der Waals surface area contributed by atoms with Crippen LogP contribution in [0.5, 0.6) is 0 Å². The molecule has 18 heavy (non-hydrogen) atoms. The van der Waals surface area contributed by atoms with Crippen molar-refractivity contribution in [2.45, 2.75) is 44.5 Å². The largest absolute Gasteiger partial charge is 0.353 e. The predicted octanol–water partition coefficient (Wildman–Crippen LogP) is 2.31. The van der Waals surface area contributed by atoms with Gasteiger partial charge in [0.05, 0.1) is 6.10 Å². The minimum absolute atomic E-state index is 0.0570. The normalized spacial score (nSPS) is 49.9. The van der Waals surface area contributed by atoms with Crippen LogP contribution < -0.4 is 0 Å². The highest BCUT2D eigenvalue weighted by atomic mass is 16.7. The lowest BCUT2D eigenvalue weighted by Crippen LogP contribution is -2.32. The van der Waals surface area contributed by atoms with Crippen molar-refractivity contribution in [2.24, 2.45) is 23.7 Å². The molecule has 3 aliphatic carbocycles. The molecule has 0 spiro atoms. The average molecular weight is 248 g/mol. The molecule has 0 bridgehead atoms. The van der Waals surface area contributed by atoms with Crippen molar-refractivity contribution in [3.05, 3.63) is 12.2 Å². The van der Waals surface area contributed by atoms with Crippen LogP contribution in [0.3, 0.4) is 0 Å². The Morgan fingerprint density at radius 2 is 2.11 bits per heavy atom. The average Bonchev–Trinajstić information content (AvgIpc) is 2.99. The zero-order valence-electron chi connectivity index (χ0n) is 10.6. The molecule has 0 N–H and O–H groups in total. The summed E-state index contributed by atoms with van der Waals surface area (Å²) in [4.78, 5) is 12.1. The Kier molecular flexibility index (Phi) is 2.59. The third kappa shape index (κ3) is 1.60. The summed E-state index contributed by atoms with van der Waals surface area (Å²) >= 11 is 0. The van der Waals surface area contributed by atoms with Gasteiger partial charge < -0.3 is 9.47 Å². The lowest BCUT2D eigenvalue weighted by Gasteiger charge is -2.28. The maximum Gasteiger partial charge on any atom is 0.157 e. The number of hydrogen-bond donors (Lipinski definition) is 0. The molecular formula is C15H20O3. The Morgan fingerprint density at radius 3 is 2.94 bits per heavy atom. The molecule has 1 aliphatic heterocycles. The number of ether oxygens (including phenoxy) is 2. The van der Waals surface area contributed by atoms with Crippen LogP contribution in [-0.2, 0) is 14.3 Å². The number of rotatable bonds is 2. The first-order valence-corrected chi connectivity index (χ1v) is 7.31. The van der Waals surface area contributed by atoms with E-state index in [9.17, 15) is 4.79 Å². The van der Waals surface area contributed by atoms with Gasteiger partial charge in [0.25, 0.3) is 0 Å². The minimum Gasteiger partial charge on any atom is -0.353 e. The fourth-order valence-corrected chi connectivity index (χ4v) is 4.44. The fraction of sp³-hybridized carbons (Fsp3) is 0.800. The minimum atomic E-state index is -0.0570. The van der Waals surface area contributed by atoms with Gasteiger partial charge in [-0.1, -0.05) is 12.2 Å². The fourth-order valence-electron chi connectivity index (χ4n) is 4.44. The topological polar surface area (TPSA) is 35.5 Å². The molecule has 4 rings (SSSR count). The Morgan fingerprint density at radius 1 is 1.22 bits per heavy atom. The molecule has 98 valence electrons. The molecule has 6 atom stereocenters. The van der Waals surface area contributed by atoms with E-state index in [-0.39, 0.29) is 18.3 Å². The maximum absolute atomic E-state index is 12.1. The summed E-state index contributed by atoms with van der Waals surface area (Å²) in [5.74, 6) is 2.22. The highest BCUT2D eigenvalue weighted by molar-refractivity contribution is 5.85. The van der Waals surface area contributed by atoms with Crippen LogP contribution >= 0.6 is 0 Å². The smallest absolute Gasteiger partial charge is 0.157 e. The number of Topliss-reactive ketones (excluding diaryl/α,β-unsaturated/α-hetero) is 1. The van der Waals surface area contributed by atoms with E-state index in [2.05, 4.69) is 12.2 Å². The molecule has 2 saturated carbocycles. The second-order valence-corrected chi connectivity index (χ2v) is 6.19. The lowest BCUT2D eigenvalue weighted by molar-refractivity contribution is -0.195. The molecule has 3 heteroatoms. The quantitative estimate of drug-likeness (QED) is 0.703. The van der Waals surface area contributed by atoms with Gasteiger partial charge in [-0.3, -0.25) is 4.79 Å². The summed E-state index contributed by atoms with van der Waals surface area (Å²) in [6, 6.07) is 0. The van der Waals surface area contributed by atoms with Gasteiger partial charge in [0.1, 0.15) is 5.78 Å². The van der Waals surface area contributed by atoms with E-state index in [1.807, 2.05) is 0 Å². The van der Waals surface area contributed by atoms with E-state index >= 15 is 0 Å². The summed E-state index contributed by atoms with van der Waals surface area (Å²) in [7, 11) is 0. The van der Waals surface area contributed by atoms with E-state index < -0.39 is 0 Å². The molecule has 0 aromatic heterocycles. The van der Waals surface area contributed by atoms with Crippen molar-refractivity contribution in [1.82, 2.24) is 0 Å². The third-order valence-corrected chi connectivity index (χ3v) is 5.19. The van der Waals surface area contributed by atoms with Crippen molar-refractivity contribution in [3.8, 4) is 0 Å². The molecule has 1 heterocycles. The third-order valence-electron chi connectivity index (χ3n) is 5.19. The Hall–Kier alpha value is -0.670. The highest BCUT2D eigenvalue weighted by Crippen LogP contribution is 2.54. The van der Waals surface area contributed by atoms with E-state index in [0.29, 0.717) is 23.5 Å². The Labute approximate surface area is 108 Å². The van der Waals surface area contributed by atoms with Crippen LogP contribution in [0.4, 0.5) is 0 Å². The molecular weight excluding hydrogens is 228 g/mol. The van der Waals surface area contributed by atoms with E-state index in [1.165, 1.54) is 6.42 Å². The molecule has 4 aliphatic rings. The Balaban J connectivity index is 1.49. The van der Waals surface area contributed by atoms with Gasteiger partial charge in [-0.25, -0.2) is 0 Å². The Bertz CT molecular complexity index is 383. The van der Waals surface area contributed by atoms with Gasteiger partial charge in [0, 0.05) is 18.9 Å². The van der Waals surface area contributed by atoms with E-state index in [0.717, 1.165) is 32.3 Å². The van der Waals surface area contributed by atoms with Crippen LogP contribution in [0.25, 0.3) is 0 Å². The second kappa shape index (κ2) is 4.17. The van der Waals surface area contributed by atoms with Crippen LogP contribution in [0, 0.1) is 23.7 Å². The first-order chi connectivity index (χ1) is 8.83. The summed E-state index contributed by atoms with van der Waals surface area (Å²) in [5, 5.41) is 0. The molecule has 0 aromatic carbocycles. The molecule has 0 radical (unpaired) electrons. The van der Waals surface area contributed by atoms with Gasteiger partial charge in [0.15, 0.2) is 6.29 Å². The molecule has 0 unspecified atom stereocenters. The maximum atomic E-state index is 12.1. The van der Waals surface area contributed by atoms with Crippen molar-refractivity contribution in [1.29, 1.82) is 0 Å². The zero-order valence-corrected chi connectivity index (χ0v) is 10.6. The van der Waals surface area contributed by atoms with Crippen LogP contribution in [-0.4, -0.2) is 24.8 Å². The van der Waals surface area contributed by atoms with Gasteiger partial charge in [-0.2, -0.15) is 0 Å². The molecule has 3 fully saturated rings. The number of hydrogen-bond acceptors (Lipinski definition) is 3. The van der Waals surface area contributed by atoms with Crippen molar-refractivity contribution < 1.29 is 14.3 Å². The highest BCUT2D eigenvalue weighted by Gasteiger charge is 2.56. The number of allylic oxidation sites excluding steroid dienone is 2. The van der Waals surface area contributed by atoms with Gasteiger partial charge in [0.2, 0.25) is 0 Å². The van der Waals surface area contributed by atoms with Crippen molar-refractivity contribution in [3.63, 3.8) is 0 Å². The predicted molar refractivity (Wildman–Crippen MR) is 65.8 cm³/mol. The summed E-state index contributed by atoms with van der Waals surface area (Å²) < 4.78 is 11.8. The van der Waals surface area contributed by atoms with Gasteiger partial charge in [-0.15, -0.1) is 0 Å².